The predicted molar refractivity (Wildman–Crippen MR) is 33.4 cm³/mol. The van der Waals surface area contributed by atoms with Crippen molar-refractivity contribution < 1.29 is 9.76 Å². The van der Waals surface area contributed by atoms with E-state index in [1.165, 1.54) is 18.4 Å². The first-order valence-electron chi connectivity index (χ1n) is 2.90. The van der Waals surface area contributed by atoms with Crippen LogP contribution in [0.1, 0.15) is 6.42 Å². The molecule has 0 aromatic rings. The van der Waals surface area contributed by atoms with E-state index in [2.05, 4.69) is 0 Å². The molecule has 0 saturated carbocycles. The molecule has 0 atom stereocenters. The Morgan fingerprint density at radius 2 is 2.60 bits per heavy atom. The lowest BCUT2D eigenvalue weighted by Crippen LogP contribution is -2.11. The van der Waals surface area contributed by atoms with Gasteiger partial charge in [0.1, 0.15) is 6.20 Å². The fraction of sp³-hybridized carbons (Fsp3) is 0.600. The summed E-state index contributed by atoms with van der Waals surface area (Å²) in [4.78, 5) is 14.5. The van der Waals surface area contributed by atoms with Crippen LogP contribution >= 0.6 is 0 Å². The average Bonchev–Trinajstić information content (AvgIpc) is 2.34. The maximum atomic E-state index is 10.1. The van der Waals surface area contributed by atoms with E-state index >= 15 is 0 Å². The molecule has 10 heavy (non-hydrogen) atoms. The van der Waals surface area contributed by atoms with Crippen molar-refractivity contribution in [3.63, 3.8) is 0 Å². The second kappa shape index (κ2) is 2.66. The van der Waals surface area contributed by atoms with Gasteiger partial charge in [-0.1, -0.05) is 0 Å². The Labute approximate surface area is 58.0 Å². The van der Waals surface area contributed by atoms with Crippen molar-refractivity contribution >= 4 is 0 Å². The highest BCUT2D eigenvalue weighted by Crippen LogP contribution is 2.13. The summed E-state index contributed by atoms with van der Waals surface area (Å²) in [5.41, 5.74) is 0.210. The van der Waals surface area contributed by atoms with Crippen molar-refractivity contribution in [2.24, 2.45) is 0 Å². The number of hydrogen-bond donors (Lipinski definition) is 0. The lowest BCUT2D eigenvalue weighted by atomic mass is 10.4. The fourth-order valence-corrected chi connectivity index (χ4v) is 0.802. The molecular weight excluding hydrogens is 136 g/mol. The molecule has 56 valence electrons. The van der Waals surface area contributed by atoms with Crippen LogP contribution in [-0.4, -0.2) is 23.6 Å². The summed E-state index contributed by atoms with van der Waals surface area (Å²) >= 11 is 0. The van der Waals surface area contributed by atoms with Gasteiger partial charge in [-0.05, 0) is 0 Å². The standard InChI is InChI=1S/C5H8N2O3/c1-10-6-3-2-5(4-6)7(8)9/h4H,2-3H2,1H3. The molecular formula is C5H8N2O3. The van der Waals surface area contributed by atoms with Crippen molar-refractivity contribution in [1.82, 2.24) is 5.06 Å². The molecule has 0 unspecified atom stereocenters. The lowest BCUT2D eigenvalue weighted by molar-refractivity contribution is -0.426. The van der Waals surface area contributed by atoms with Crippen LogP contribution in [0.2, 0.25) is 0 Å². The van der Waals surface area contributed by atoms with Gasteiger partial charge < -0.3 is 0 Å². The largest absolute Gasteiger partial charge is 0.277 e. The van der Waals surface area contributed by atoms with Crippen LogP contribution < -0.4 is 0 Å². The van der Waals surface area contributed by atoms with Crippen LogP contribution in [0.25, 0.3) is 0 Å². The molecule has 5 heteroatoms. The van der Waals surface area contributed by atoms with Gasteiger partial charge in [-0.2, -0.15) is 0 Å². The number of nitro groups is 1. The molecule has 0 amide bonds. The zero-order valence-corrected chi connectivity index (χ0v) is 5.61. The van der Waals surface area contributed by atoms with Crippen molar-refractivity contribution in [1.29, 1.82) is 0 Å². The predicted octanol–water partition coefficient (Wildman–Crippen LogP) is 0.372. The summed E-state index contributed by atoms with van der Waals surface area (Å²) in [5.74, 6) is 0. The van der Waals surface area contributed by atoms with Gasteiger partial charge in [-0.15, -0.1) is 0 Å². The number of hydrogen-bond acceptors (Lipinski definition) is 4. The Balaban J connectivity index is 2.57. The molecule has 5 nitrogen and oxygen atoms in total. The molecule has 0 radical (unpaired) electrons. The summed E-state index contributed by atoms with van der Waals surface area (Å²) in [6, 6.07) is 0. The molecule has 0 fully saturated rings. The van der Waals surface area contributed by atoms with E-state index in [9.17, 15) is 10.1 Å². The van der Waals surface area contributed by atoms with Crippen LogP contribution in [0, 0.1) is 10.1 Å². The quantitative estimate of drug-likeness (QED) is 0.415. The average molecular weight is 144 g/mol. The monoisotopic (exact) mass is 144 g/mol. The summed E-state index contributed by atoms with van der Waals surface area (Å²) in [5, 5.41) is 11.6. The zero-order valence-electron chi connectivity index (χ0n) is 5.61. The second-order valence-electron chi connectivity index (χ2n) is 1.95. The maximum Gasteiger partial charge on any atom is 0.266 e. The van der Waals surface area contributed by atoms with E-state index < -0.39 is 0 Å². The molecule has 0 saturated heterocycles. The highest BCUT2D eigenvalue weighted by Gasteiger charge is 2.20. The normalized spacial score (nSPS) is 17.3. The minimum atomic E-state index is -0.390. The van der Waals surface area contributed by atoms with Gasteiger partial charge in [0.25, 0.3) is 5.70 Å². The highest BCUT2D eigenvalue weighted by atomic mass is 16.7. The van der Waals surface area contributed by atoms with Crippen molar-refractivity contribution in [3.05, 3.63) is 22.0 Å². The van der Waals surface area contributed by atoms with Crippen LogP contribution in [-0.2, 0) is 4.84 Å². The second-order valence-corrected chi connectivity index (χ2v) is 1.95. The zero-order chi connectivity index (χ0) is 7.56. The van der Waals surface area contributed by atoms with Crippen molar-refractivity contribution in [3.8, 4) is 0 Å². The Morgan fingerprint density at radius 1 is 1.90 bits per heavy atom. The van der Waals surface area contributed by atoms with Crippen molar-refractivity contribution in [2.45, 2.75) is 6.42 Å². The van der Waals surface area contributed by atoms with Crippen molar-refractivity contribution in [2.75, 3.05) is 13.7 Å². The van der Waals surface area contributed by atoms with Crippen LogP contribution in [0.5, 0.6) is 0 Å². The molecule has 0 aromatic heterocycles. The van der Waals surface area contributed by atoms with Gasteiger partial charge >= 0.3 is 0 Å². The first kappa shape index (κ1) is 7.01. The number of rotatable bonds is 2. The molecule has 0 spiro atoms. The van der Waals surface area contributed by atoms with Crippen LogP contribution in [0.4, 0.5) is 0 Å². The van der Waals surface area contributed by atoms with Gasteiger partial charge in [0, 0.05) is 0 Å². The Hall–Kier alpha value is -1.10. The highest BCUT2D eigenvalue weighted by molar-refractivity contribution is 4.96. The summed E-state index contributed by atoms with van der Waals surface area (Å²) in [7, 11) is 1.49. The van der Waals surface area contributed by atoms with Gasteiger partial charge in [0.05, 0.1) is 25.0 Å². The van der Waals surface area contributed by atoms with Gasteiger partial charge in [0.2, 0.25) is 0 Å². The number of hydroxylamine groups is 2. The van der Waals surface area contributed by atoms with Gasteiger partial charge in [0.15, 0.2) is 0 Å². The Kier molecular flexibility index (Phi) is 1.86. The molecule has 0 bridgehead atoms. The lowest BCUT2D eigenvalue weighted by Gasteiger charge is -2.07. The van der Waals surface area contributed by atoms with Gasteiger partial charge in [-0.3, -0.25) is 20.0 Å². The third kappa shape index (κ3) is 1.24. The fourth-order valence-electron chi connectivity index (χ4n) is 0.802. The molecule has 1 heterocycles. The SMILES string of the molecule is CON1C=C([N+](=O)[O-])CC1. The number of nitrogens with zero attached hydrogens (tertiary/aromatic N) is 2. The first-order chi connectivity index (χ1) is 4.74. The first-order valence-corrected chi connectivity index (χ1v) is 2.90. The Bertz CT molecular complexity index is 178. The van der Waals surface area contributed by atoms with E-state index in [4.69, 9.17) is 4.84 Å². The van der Waals surface area contributed by atoms with E-state index in [1.807, 2.05) is 0 Å². The third-order valence-electron chi connectivity index (χ3n) is 1.35. The molecule has 1 aliphatic heterocycles. The van der Waals surface area contributed by atoms with Gasteiger partial charge in [-0.25, -0.2) is 0 Å². The molecule has 0 aromatic carbocycles. The molecule has 0 N–H and O–H groups in total. The van der Waals surface area contributed by atoms with E-state index in [1.54, 1.807) is 0 Å². The summed E-state index contributed by atoms with van der Waals surface area (Å²) < 4.78 is 0. The van der Waals surface area contributed by atoms with E-state index in [-0.39, 0.29) is 10.6 Å². The minimum absolute atomic E-state index is 0.210. The summed E-state index contributed by atoms with van der Waals surface area (Å²) in [6.45, 7) is 0.576. The molecule has 0 aliphatic carbocycles. The Morgan fingerprint density at radius 3 is 2.90 bits per heavy atom. The van der Waals surface area contributed by atoms with E-state index in [0.29, 0.717) is 13.0 Å². The van der Waals surface area contributed by atoms with Crippen LogP contribution in [0.3, 0.4) is 0 Å². The van der Waals surface area contributed by atoms with Crippen LogP contribution in [0.15, 0.2) is 11.9 Å². The van der Waals surface area contributed by atoms with E-state index in [0.717, 1.165) is 0 Å². The topological polar surface area (TPSA) is 55.6 Å². The minimum Gasteiger partial charge on any atom is -0.277 e. The molecule has 1 aliphatic rings. The smallest absolute Gasteiger partial charge is 0.266 e. The maximum absolute atomic E-state index is 10.1. The third-order valence-corrected chi connectivity index (χ3v) is 1.35. The molecule has 1 rings (SSSR count). The summed E-state index contributed by atoms with van der Waals surface area (Å²) in [6.07, 6.45) is 1.86.